The summed E-state index contributed by atoms with van der Waals surface area (Å²) in [5.41, 5.74) is 3.46. The summed E-state index contributed by atoms with van der Waals surface area (Å²) in [6.07, 6.45) is 0. The molecule has 140 valence electrons. The summed E-state index contributed by atoms with van der Waals surface area (Å²) in [4.78, 5) is 23.8. The molecule has 0 aliphatic rings. The molecule has 1 amide bonds. The largest absolute Gasteiger partial charge is 0.481 e. The fourth-order valence-corrected chi connectivity index (χ4v) is 2.79. The number of aryl methyl sites for hydroxylation is 3. The normalized spacial score (nSPS) is 10.0. The van der Waals surface area contributed by atoms with E-state index in [0.717, 1.165) is 16.7 Å². The topological polar surface area (TPSA) is 88.4 Å². The molecule has 0 unspecified atom stereocenters. The van der Waals surface area contributed by atoms with E-state index in [-0.39, 0.29) is 17.9 Å². The molecule has 0 aromatic heterocycles. The Morgan fingerprint density at radius 3 is 2.41 bits per heavy atom. The molecule has 2 aromatic carbocycles. The van der Waals surface area contributed by atoms with Gasteiger partial charge in [-0.3, -0.25) is 4.79 Å². The standard InChI is InChI=1S/C20H19ClN2O4/c1-12-6-13(2)20(14(3)7-12)27-11-19(25)26-10-18(24)23-17-8-16(21)5-4-15(17)9-22/h4-8H,10-11H2,1-3H3,(H,23,24). The smallest absolute Gasteiger partial charge is 0.344 e. The summed E-state index contributed by atoms with van der Waals surface area (Å²) in [5, 5.41) is 11.9. The second-order valence-electron chi connectivity index (χ2n) is 6.03. The van der Waals surface area contributed by atoms with Crippen LogP contribution in [-0.4, -0.2) is 25.1 Å². The summed E-state index contributed by atoms with van der Waals surface area (Å²) < 4.78 is 10.4. The number of anilines is 1. The zero-order valence-corrected chi connectivity index (χ0v) is 16.0. The van der Waals surface area contributed by atoms with E-state index < -0.39 is 18.5 Å². The highest BCUT2D eigenvalue weighted by Gasteiger charge is 2.13. The summed E-state index contributed by atoms with van der Waals surface area (Å²) in [6, 6.07) is 10.3. The zero-order valence-electron chi connectivity index (χ0n) is 15.3. The first-order valence-corrected chi connectivity index (χ1v) is 8.53. The fraction of sp³-hybridized carbons (Fsp3) is 0.250. The number of carbonyl (C=O) groups is 2. The molecule has 2 aromatic rings. The van der Waals surface area contributed by atoms with Gasteiger partial charge in [0.15, 0.2) is 13.2 Å². The minimum absolute atomic E-state index is 0.257. The van der Waals surface area contributed by atoms with Crippen molar-refractivity contribution in [1.29, 1.82) is 5.26 Å². The van der Waals surface area contributed by atoms with E-state index in [1.807, 2.05) is 39.0 Å². The number of benzene rings is 2. The van der Waals surface area contributed by atoms with E-state index in [1.165, 1.54) is 12.1 Å². The second-order valence-corrected chi connectivity index (χ2v) is 6.46. The number of hydrogen-bond donors (Lipinski definition) is 1. The van der Waals surface area contributed by atoms with E-state index >= 15 is 0 Å². The molecule has 0 spiro atoms. The van der Waals surface area contributed by atoms with Crippen LogP contribution in [0, 0.1) is 32.1 Å². The van der Waals surface area contributed by atoms with Crippen LogP contribution in [-0.2, 0) is 14.3 Å². The van der Waals surface area contributed by atoms with Gasteiger partial charge in [-0.15, -0.1) is 0 Å². The molecule has 1 N–H and O–H groups in total. The predicted octanol–water partition coefficient (Wildman–Crippen LogP) is 3.70. The van der Waals surface area contributed by atoms with Crippen LogP contribution in [0.4, 0.5) is 5.69 Å². The van der Waals surface area contributed by atoms with Crippen molar-refractivity contribution in [2.45, 2.75) is 20.8 Å². The van der Waals surface area contributed by atoms with E-state index in [0.29, 0.717) is 10.8 Å². The van der Waals surface area contributed by atoms with Gasteiger partial charge < -0.3 is 14.8 Å². The van der Waals surface area contributed by atoms with E-state index in [9.17, 15) is 9.59 Å². The Bertz CT molecular complexity index is 896. The molecule has 0 heterocycles. The Morgan fingerprint density at radius 1 is 1.11 bits per heavy atom. The predicted molar refractivity (Wildman–Crippen MR) is 102 cm³/mol. The maximum atomic E-state index is 11.9. The lowest BCUT2D eigenvalue weighted by molar-refractivity contribution is -0.149. The molecule has 0 saturated heterocycles. The van der Waals surface area contributed by atoms with Gasteiger partial charge in [-0.2, -0.15) is 5.26 Å². The van der Waals surface area contributed by atoms with Crippen LogP contribution < -0.4 is 10.1 Å². The van der Waals surface area contributed by atoms with E-state index in [1.54, 1.807) is 6.07 Å². The number of rotatable bonds is 6. The molecule has 2 rings (SSSR count). The molecule has 7 heteroatoms. The lowest BCUT2D eigenvalue weighted by Gasteiger charge is -2.13. The number of esters is 1. The second kappa shape index (κ2) is 9.06. The average Bonchev–Trinajstić information content (AvgIpc) is 2.59. The molecule has 0 aliphatic carbocycles. The van der Waals surface area contributed by atoms with Crippen molar-refractivity contribution in [1.82, 2.24) is 0 Å². The van der Waals surface area contributed by atoms with Gasteiger partial charge in [-0.25, -0.2) is 4.79 Å². The van der Waals surface area contributed by atoms with Gasteiger partial charge in [0.05, 0.1) is 11.3 Å². The van der Waals surface area contributed by atoms with E-state index in [4.69, 9.17) is 26.3 Å². The average molecular weight is 387 g/mol. The summed E-state index contributed by atoms with van der Waals surface area (Å²) >= 11 is 5.86. The van der Waals surface area contributed by atoms with E-state index in [2.05, 4.69) is 5.32 Å². The number of hydrogen-bond acceptors (Lipinski definition) is 5. The molecule has 6 nitrogen and oxygen atoms in total. The van der Waals surface area contributed by atoms with Crippen LogP contribution in [0.3, 0.4) is 0 Å². The van der Waals surface area contributed by atoms with Crippen molar-refractivity contribution in [3.8, 4) is 11.8 Å². The molecular formula is C20H19ClN2O4. The molecule has 0 radical (unpaired) electrons. The lowest BCUT2D eigenvalue weighted by atomic mass is 10.1. The number of carbonyl (C=O) groups excluding carboxylic acids is 2. The first-order valence-electron chi connectivity index (χ1n) is 8.16. The first kappa shape index (κ1) is 20.3. The summed E-state index contributed by atoms with van der Waals surface area (Å²) in [5.74, 6) is -0.625. The van der Waals surface area contributed by atoms with Crippen molar-refractivity contribution < 1.29 is 19.1 Å². The van der Waals surface area contributed by atoms with Crippen molar-refractivity contribution in [3.63, 3.8) is 0 Å². The van der Waals surface area contributed by atoms with Crippen LogP contribution >= 0.6 is 11.6 Å². The molecule has 0 saturated carbocycles. The highest BCUT2D eigenvalue weighted by Crippen LogP contribution is 2.24. The van der Waals surface area contributed by atoms with Crippen molar-refractivity contribution in [2.75, 3.05) is 18.5 Å². The van der Waals surface area contributed by atoms with Gasteiger partial charge in [-0.05, 0) is 50.1 Å². The number of nitrogens with one attached hydrogen (secondary N) is 1. The third-order valence-corrected chi connectivity index (χ3v) is 3.91. The number of halogens is 1. The number of ether oxygens (including phenoxy) is 2. The Hall–Kier alpha value is -3.04. The maximum absolute atomic E-state index is 11.9. The molecule has 0 bridgehead atoms. The Balaban J connectivity index is 1.86. The molecule has 0 atom stereocenters. The van der Waals surface area contributed by atoms with Gasteiger partial charge in [0.25, 0.3) is 5.91 Å². The van der Waals surface area contributed by atoms with Crippen molar-refractivity contribution in [3.05, 3.63) is 57.6 Å². The summed E-state index contributed by atoms with van der Waals surface area (Å²) in [7, 11) is 0. The minimum atomic E-state index is -0.670. The number of nitrogens with zero attached hydrogens (tertiary/aromatic N) is 1. The van der Waals surface area contributed by atoms with Crippen LogP contribution in [0.2, 0.25) is 5.02 Å². The quantitative estimate of drug-likeness (QED) is 0.765. The first-order chi connectivity index (χ1) is 12.8. The molecule has 27 heavy (non-hydrogen) atoms. The summed E-state index contributed by atoms with van der Waals surface area (Å²) in [6.45, 7) is 4.97. The third kappa shape index (κ3) is 5.73. The van der Waals surface area contributed by atoms with Crippen LogP contribution in [0.5, 0.6) is 5.75 Å². The SMILES string of the molecule is Cc1cc(C)c(OCC(=O)OCC(=O)Nc2cc(Cl)ccc2C#N)c(C)c1. The third-order valence-electron chi connectivity index (χ3n) is 3.68. The van der Waals surface area contributed by atoms with Gasteiger partial charge in [0.2, 0.25) is 0 Å². The Kier molecular flexibility index (Phi) is 6.80. The molecule has 0 aliphatic heterocycles. The van der Waals surface area contributed by atoms with Gasteiger partial charge in [-0.1, -0.05) is 29.3 Å². The Labute approximate surface area is 162 Å². The maximum Gasteiger partial charge on any atom is 0.344 e. The fourth-order valence-electron chi connectivity index (χ4n) is 2.62. The highest BCUT2D eigenvalue weighted by atomic mass is 35.5. The zero-order chi connectivity index (χ0) is 20.0. The monoisotopic (exact) mass is 386 g/mol. The van der Waals surface area contributed by atoms with Crippen LogP contribution in [0.25, 0.3) is 0 Å². The molecular weight excluding hydrogens is 368 g/mol. The van der Waals surface area contributed by atoms with Gasteiger partial charge >= 0.3 is 5.97 Å². The van der Waals surface area contributed by atoms with Crippen molar-refractivity contribution in [2.24, 2.45) is 0 Å². The van der Waals surface area contributed by atoms with Crippen LogP contribution in [0.15, 0.2) is 30.3 Å². The lowest BCUT2D eigenvalue weighted by Crippen LogP contribution is -2.24. The molecule has 0 fully saturated rings. The van der Waals surface area contributed by atoms with Gasteiger partial charge in [0, 0.05) is 5.02 Å². The van der Waals surface area contributed by atoms with Gasteiger partial charge in [0.1, 0.15) is 11.8 Å². The highest BCUT2D eigenvalue weighted by molar-refractivity contribution is 6.31. The number of nitriles is 1. The van der Waals surface area contributed by atoms with Crippen molar-refractivity contribution >= 4 is 29.2 Å². The Morgan fingerprint density at radius 2 is 1.78 bits per heavy atom. The van der Waals surface area contributed by atoms with Crippen LogP contribution in [0.1, 0.15) is 22.3 Å². The minimum Gasteiger partial charge on any atom is -0.481 e. The number of amides is 1.